The molecule has 2 heterocycles. The molecule has 1 atom stereocenters. The number of allylic oxidation sites excluding steroid dienone is 1. The standard InChI is InChI=1S/C32H35F3N2O6/c1-4-42-30(40)23-13-15-36(16-14-23)29(39)24-8-6-7-21(17-24)19-37-20(3)28(31(41)43-5-2)26(18-27(37)38)22-9-11-25(12-10-22)32(33,34)35/h6-12,17,23,26H,4-5,13-16,18-19H2,1-3H3. The molecule has 4 rings (SSSR count). The van der Waals surface area contributed by atoms with E-state index in [4.69, 9.17) is 9.47 Å². The number of carbonyl (C=O) groups is 4. The summed E-state index contributed by atoms with van der Waals surface area (Å²) in [5.41, 5.74) is 1.23. The lowest BCUT2D eigenvalue weighted by Gasteiger charge is -2.35. The molecule has 43 heavy (non-hydrogen) atoms. The van der Waals surface area contributed by atoms with Crippen LogP contribution < -0.4 is 0 Å². The molecule has 0 saturated carbocycles. The summed E-state index contributed by atoms with van der Waals surface area (Å²) in [6.45, 7) is 6.35. The summed E-state index contributed by atoms with van der Waals surface area (Å²) < 4.78 is 49.7. The first kappa shape index (κ1) is 31.8. The summed E-state index contributed by atoms with van der Waals surface area (Å²) in [6, 6.07) is 11.3. The Hall–Kier alpha value is -4.15. The van der Waals surface area contributed by atoms with Gasteiger partial charge >= 0.3 is 18.1 Å². The van der Waals surface area contributed by atoms with Gasteiger partial charge in [-0.25, -0.2) is 4.79 Å². The Bertz CT molecular complexity index is 1390. The summed E-state index contributed by atoms with van der Waals surface area (Å²) in [5, 5.41) is 0. The fourth-order valence-electron chi connectivity index (χ4n) is 5.61. The molecule has 2 aliphatic rings. The molecular formula is C32H35F3N2O6. The highest BCUT2D eigenvalue weighted by molar-refractivity contribution is 5.96. The maximum atomic E-state index is 13.4. The maximum Gasteiger partial charge on any atom is 0.416 e. The van der Waals surface area contributed by atoms with Crippen molar-refractivity contribution in [1.29, 1.82) is 0 Å². The lowest BCUT2D eigenvalue weighted by Crippen LogP contribution is -2.40. The molecule has 230 valence electrons. The number of rotatable bonds is 8. The van der Waals surface area contributed by atoms with E-state index >= 15 is 0 Å². The van der Waals surface area contributed by atoms with Gasteiger partial charge in [-0.15, -0.1) is 0 Å². The zero-order valence-corrected chi connectivity index (χ0v) is 24.4. The van der Waals surface area contributed by atoms with Crippen molar-refractivity contribution in [3.05, 3.63) is 82.1 Å². The Morgan fingerprint density at radius 2 is 1.60 bits per heavy atom. The fourth-order valence-corrected chi connectivity index (χ4v) is 5.61. The van der Waals surface area contributed by atoms with Crippen molar-refractivity contribution >= 4 is 23.8 Å². The van der Waals surface area contributed by atoms with Crippen molar-refractivity contribution in [2.45, 2.75) is 58.7 Å². The van der Waals surface area contributed by atoms with E-state index in [2.05, 4.69) is 0 Å². The highest BCUT2D eigenvalue weighted by Crippen LogP contribution is 2.39. The third-order valence-electron chi connectivity index (χ3n) is 7.88. The van der Waals surface area contributed by atoms with Crippen LogP contribution in [-0.2, 0) is 36.6 Å². The molecule has 0 aromatic heterocycles. The third kappa shape index (κ3) is 7.26. The lowest BCUT2D eigenvalue weighted by molar-refractivity contribution is -0.149. The number of halogens is 3. The summed E-state index contributed by atoms with van der Waals surface area (Å²) in [4.78, 5) is 54.9. The number of benzene rings is 2. The second-order valence-electron chi connectivity index (χ2n) is 10.6. The first-order valence-electron chi connectivity index (χ1n) is 14.3. The van der Waals surface area contributed by atoms with Crippen LogP contribution in [0.25, 0.3) is 0 Å². The number of carbonyl (C=O) groups excluding carboxylic acids is 4. The summed E-state index contributed by atoms with van der Waals surface area (Å²) >= 11 is 0. The van der Waals surface area contributed by atoms with Gasteiger partial charge in [-0.3, -0.25) is 14.4 Å². The molecule has 0 aliphatic carbocycles. The Labute approximate surface area is 248 Å². The monoisotopic (exact) mass is 600 g/mol. The molecular weight excluding hydrogens is 565 g/mol. The molecule has 0 bridgehead atoms. The molecule has 0 spiro atoms. The van der Waals surface area contributed by atoms with Gasteiger partial charge in [0.25, 0.3) is 5.91 Å². The molecule has 2 aliphatic heterocycles. The van der Waals surface area contributed by atoms with Crippen LogP contribution in [-0.4, -0.2) is 59.9 Å². The van der Waals surface area contributed by atoms with Crippen LogP contribution in [0.2, 0.25) is 0 Å². The van der Waals surface area contributed by atoms with Gasteiger partial charge in [0, 0.05) is 36.7 Å². The highest BCUT2D eigenvalue weighted by atomic mass is 19.4. The average Bonchev–Trinajstić information content (AvgIpc) is 2.98. The number of ether oxygens (including phenoxy) is 2. The van der Waals surface area contributed by atoms with Gasteiger partial charge in [0.1, 0.15) is 0 Å². The number of likely N-dealkylation sites (tertiary alicyclic amines) is 1. The first-order valence-corrected chi connectivity index (χ1v) is 14.3. The molecule has 11 heteroatoms. The van der Waals surface area contributed by atoms with Crippen molar-refractivity contribution < 1.29 is 41.8 Å². The number of hydrogen-bond donors (Lipinski definition) is 0. The molecule has 0 N–H and O–H groups in total. The Balaban J connectivity index is 1.55. The lowest BCUT2D eigenvalue weighted by atomic mass is 9.83. The zero-order chi connectivity index (χ0) is 31.3. The minimum absolute atomic E-state index is 0.0827. The molecule has 0 radical (unpaired) electrons. The van der Waals surface area contributed by atoms with Gasteiger partial charge < -0.3 is 19.3 Å². The maximum absolute atomic E-state index is 13.4. The van der Waals surface area contributed by atoms with E-state index in [9.17, 15) is 32.3 Å². The molecule has 2 amide bonds. The van der Waals surface area contributed by atoms with Gasteiger partial charge in [0.2, 0.25) is 5.91 Å². The summed E-state index contributed by atoms with van der Waals surface area (Å²) in [6.07, 6.45) is -3.60. The summed E-state index contributed by atoms with van der Waals surface area (Å²) in [7, 11) is 0. The second kappa shape index (κ2) is 13.4. The van der Waals surface area contributed by atoms with E-state index in [0.29, 0.717) is 54.9 Å². The number of esters is 2. The first-order chi connectivity index (χ1) is 20.4. The van der Waals surface area contributed by atoms with E-state index in [-0.39, 0.29) is 48.8 Å². The number of amides is 2. The van der Waals surface area contributed by atoms with Crippen molar-refractivity contribution in [2.24, 2.45) is 5.92 Å². The quantitative estimate of drug-likeness (QED) is 0.373. The van der Waals surface area contributed by atoms with Crippen LogP contribution in [0.3, 0.4) is 0 Å². The van der Waals surface area contributed by atoms with Crippen LogP contribution in [0.1, 0.15) is 73.0 Å². The van der Waals surface area contributed by atoms with Gasteiger partial charge in [-0.05, 0) is 69.0 Å². The molecule has 2 aromatic carbocycles. The number of hydrogen-bond acceptors (Lipinski definition) is 6. The normalized spacial score (nSPS) is 18.1. The van der Waals surface area contributed by atoms with Gasteiger partial charge in [-0.1, -0.05) is 24.3 Å². The fraction of sp³-hybridized carbons (Fsp3) is 0.438. The molecule has 1 saturated heterocycles. The van der Waals surface area contributed by atoms with Crippen LogP contribution in [0, 0.1) is 5.92 Å². The van der Waals surface area contributed by atoms with Crippen LogP contribution in [0.4, 0.5) is 13.2 Å². The van der Waals surface area contributed by atoms with E-state index in [1.807, 2.05) is 0 Å². The Kier molecular flexibility index (Phi) is 9.93. The van der Waals surface area contributed by atoms with Gasteiger partial charge in [0.05, 0.1) is 36.8 Å². The molecule has 1 fully saturated rings. The van der Waals surface area contributed by atoms with E-state index < -0.39 is 23.6 Å². The van der Waals surface area contributed by atoms with Gasteiger partial charge in [-0.2, -0.15) is 13.2 Å². The Morgan fingerprint density at radius 1 is 0.953 bits per heavy atom. The topological polar surface area (TPSA) is 93.2 Å². The molecule has 1 unspecified atom stereocenters. The third-order valence-corrected chi connectivity index (χ3v) is 7.88. The van der Waals surface area contributed by atoms with Crippen LogP contribution in [0.15, 0.2) is 59.8 Å². The van der Waals surface area contributed by atoms with E-state index in [1.165, 1.54) is 17.0 Å². The average molecular weight is 601 g/mol. The van der Waals surface area contributed by atoms with Crippen molar-refractivity contribution in [1.82, 2.24) is 9.80 Å². The minimum atomic E-state index is -4.51. The number of alkyl halides is 3. The number of piperidine rings is 1. The highest BCUT2D eigenvalue weighted by Gasteiger charge is 2.38. The zero-order valence-electron chi connectivity index (χ0n) is 24.4. The van der Waals surface area contributed by atoms with Crippen LogP contribution in [0.5, 0.6) is 0 Å². The van der Waals surface area contributed by atoms with Crippen LogP contribution >= 0.6 is 0 Å². The van der Waals surface area contributed by atoms with Crippen molar-refractivity contribution in [2.75, 3.05) is 26.3 Å². The smallest absolute Gasteiger partial charge is 0.416 e. The van der Waals surface area contributed by atoms with Crippen molar-refractivity contribution in [3.63, 3.8) is 0 Å². The van der Waals surface area contributed by atoms with Crippen molar-refractivity contribution in [3.8, 4) is 0 Å². The van der Waals surface area contributed by atoms with Gasteiger partial charge in [0.15, 0.2) is 0 Å². The predicted octanol–water partition coefficient (Wildman–Crippen LogP) is 5.47. The minimum Gasteiger partial charge on any atom is -0.466 e. The molecule has 2 aromatic rings. The predicted molar refractivity (Wildman–Crippen MR) is 150 cm³/mol. The molecule has 8 nitrogen and oxygen atoms in total. The number of nitrogens with zero attached hydrogens (tertiary/aromatic N) is 2. The van der Waals surface area contributed by atoms with E-state index in [0.717, 1.165) is 12.1 Å². The SMILES string of the molecule is CCOC(=O)C1=C(C)N(Cc2cccc(C(=O)N3CCC(C(=O)OCC)CC3)c2)C(=O)CC1c1ccc(C(F)(F)F)cc1. The second-order valence-corrected chi connectivity index (χ2v) is 10.6. The largest absolute Gasteiger partial charge is 0.466 e. The summed E-state index contributed by atoms with van der Waals surface area (Å²) in [5.74, 6) is -2.37. The van der Waals surface area contributed by atoms with E-state index in [1.54, 1.807) is 49.9 Å². The Morgan fingerprint density at radius 3 is 2.21 bits per heavy atom.